The minimum absolute atomic E-state index is 0.00702. The van der Waals surface area contributed by atoms with Gasteiger partial charge in [-0.05, 0) is 17.7 Å². The molecule has 1 atom stereocenters. The van der Waals surface area contributed by atoms with Gasteiger partial charge < -0.3 is 5.32 Å². The van der Waals surface area contributed by atoms with Gasteiger partial charge in [0, 0.05) is 29.3 Å². The molecule has 2 aromatic carbocycles. The lowest BCUT2D eigenvalue weighted by atomic mass is 10.1. The van der Waals surface area contributed by atoms with Gasteiger partial charge in [0.2, 0.25) is 5.91 Å². The second-order valence-electron chi connectivity index (χ2n) is 4.81. The third-order valence-electron chi connectivity index (χ3n) is 3.13. The fourth-order valence-corrected chi connectivity index (χ4v) is 2.94. The quantitative estimate of drug-likeness (QED) is 0.621. The molecule has 0 spiro atoms. The first kappa shape index (κ1) is 16.8. The molecule has 0 aliphatic rings. The second-order valence-corrected chi connectivity index (χ2v) is 6.38. The van der Waals surface area contributed by atoms with Crippen molar-refractivity contribution in [1.82, 2.24) is 5.32 Å². The topological polar surface area (TPSA) is 89.3 Å². The van der Waals surface area contributed by atoms with Gasteiger partial charge in [0.15, 0.2) is 0 Å². The molecule has 23 heavy (non-hydrogen) atoms. The average Bonchev–Trinajstić information content (AvgIpc) is 2.56. The second kappa shape index (κ2) is 8.19. The SMILES string of the molecule is O=C(Cc1ccc([N+](=O)[O-])cc1)NCC[S@@](=O)c1ccccc1. The van der Waals surface area contributed by atoms with Crippen molar-refractivity contribution in [1.29, 1.82) is 0 Å². The van der Waals surface area contributed by atoms with E-state index in [0.29, 0.717) is 17.9 Å². The Morgan fingerprint density at radius 1 is 1.09 bits per heavy atom. The van der Waals surface area contributed by atoms with Crippen LogP contribution >= 0.6 is 0 Å². The molecule has 0 bridgehead atoms. The van der Waals surface area contributed by atoms with Gasteiger partial charge in [0.25, 0.3) is 5.69 Å². The Kier molecular flexibility index (Phi) is 5.99. The van der Waals surface area contributed by atoms with Crippen molar-refractivity contribution in [3.05, 3.63) is 70.3 Å². The number of nitro benzene ring substituents is 1. The minimum Gasteiger partial charge on any atom is -0.355 e. The molecule has 0 fully saturated rings. The average molecular weight is 332 g/mol. The summed E-state index contributed by atoms with van der Waals surface area (Å²) < 4.78 is 12.0. The molecule has 0 heterocycles. The third kappa shape index (κ3) is 5.30. The first-order chi connectivity index (χ1) is 11.1. The molecule has 0 saturated heterocycles. The van der Waals surface area contributed by atoms with Gasteiger partial charge in [0.1, 0.15) is 0 Å². The number of nitrogens with one attached hydrogen (secondary N) is 1. The molecule has 1 N–H and O–H groups in total. The zero-order valence-corrected chi connectivity index (χ0v) is 13.1. The Morgan fingerprint density at radius 2 is 1.74 bits per heavy atom. The highest BCUT2D eigenvalue weighted by molar-refractivity contribution is 7.85. The summed E-state index contributed by atoms with van der Waals surface area (Å²) >= 11 is 0. The summed E-state index contributed by atoms with van der Waals surface area (Å²) in [6.45, 7) is 0.313. The Balaban J connectivity index is 1.77. The van der Waals surface area contributed by atoms with Crippen molar-refractivity contribution in [2.45, 2.75) is 11.3 Å². The standard InChI is InChI=1S/C16H16N2O4S/c19-16(12-13-6-8-14(9-7-13)18(20)21)17-10-11-23(22)15-4-2-1-3-5-15/h1-9H,10-12H2,(H,17,19)/t23-/m1/s1. The molecule has 0 radical (unpaired) electrons. The van der Waals surface area contributed by atoms with E-state index in [1.54, 1.807) is 24.3 Å². The molecule has 6 nitrogen and oxygen atoms in total. The van der Waals surface area contributed by atoms with Crippen LogP contribution in [0.15, 0.2) is 59.5 Å². The highest BCUT2D eigenvalue weighted by Crippen LogP contribution is 2.12. The number of carbonyl (C=O) groups is 1. The van der Waals surface area contributed by atoms with Crippen LogP contribution < -0.4 is 5.32 Å². The summed E-state index contributed by atoms with van der Waals surface area (Å²) in [6.07, 6.45) is 0.135. The summed E-state index contributed by atoms with van der Waals surface area (Å²) in [6, 6.07) is 14.9. The fourth-order valence-electron chi connectivity index (χ4n) is 1.96. The fraction of sp³-hybridized carbons (Fsp3) is 0.188. The first-order valence-electron chi connectivity index (χ1n) is 7.00. The molecule has 2 aromatic rings. The predicted molar refractivity (Wildman–Crippen MR) is 87.5 cm³/mol. The number of rotatable bonds is 7. The van der Waals surface area contributed by atoms with Gasteiger partial charge in [-0.25, -0.2) is 0 Å². The van der Waals surface area contributed by atoms with Crippen LogP contribution in [-0.2, 0) is 22.0 Å². The van der Waals surface area contributed by atoms with Crippen molar-refractivity contribution in [2.75, 3.05) is 12.3 Å². The van der Waals surface area contributed by atoms with Gasteiger partial charge in [0.05, 0.1) is 22.1 Å². The molecule has 120 valence electrons. The van der Waals surface area contributed by atoms with E-state index in [-0.39, 0.29) is 18.0 Å². The van der Waals surface area contributed by atoms with Crippen molar-refractivity contribution in [3.63, 3.8) is 0 Å². The first-order valence-corrected chi connectivity index (χ1v) is 8.31. The molecular formula is C16H16N2O4S. The molecule has 7 heteroatoms. The van der Waals surface area contributed by atoms with Crippen molar-refractivity contribution in [3.8, 4) is 0 Å². The summed E-state index contributed by atoms with van der Waals surface area (Å²) in [5.74, 6) is 0.139. The monoisotopic (exact) mass is 332 g/mol. The van der Waals surface area contributed by atoms with E-state index in [4.69, 9.17) is 0 Å². The lowest BCUT2D eigenvalue weighted by molar-refractivity contribution is -0.384. The zero-order chi connectivity index (χ0) is 16.7. The van der Waals surface area contributed by atoms with E-state index < -0.39 is 15.7 Å². The zero-order valence-electron chi connectivity index (χ0n) is 12.3. The van der Waals surface area contributed by atoms with Gasteiger partial charge in [-0.2, -0.15) is 0 Å². The lowest BCUT2D eigenvalue weighted by Gasteiger charge is -2.06. The van der Waals surface area contributed by atoms with E-state index in [2.05, 4.69) is 5.32 Å². The Bertz CT molecular complexity index is 702. The molecule has 0 aromatic heterocycles. The molecular weight excluding hydrogens is 316 g/mol. The van der Waals surface area contributed by atoms with Crippen molar-refractivity contribution < 1.29 is 13.9 Å². The van der Waals surface area contributed by atoms with E-state index in [9.17, 15) is 19.1 Å². The van der Waals surface area contributed by atoms with Crippen LogP contribution in [0.25, 0.3) is 0 Å². The number of nitrogens with zero attached hydrogens (tertiary/aromatic N) is 1. The molecule has 1 amide bonds. The summed E-state index contributed by atoms with van der Waals surface area (Å²) in [7, 11) is -1.14. The minimum atomic E-state index is -1.14. The number of hydrogen-bond acceptors (Lipinski definition) is 4. The van der Waals surface area contributed by atoms with Gasteiger partial charge in [-0.3, -0.25) is 19.1 Å². The molecule has 0 unspecified atom stereocenters. The Morgan fingerprint density at radius 3 is 2.35 bits per heavy atom. The number of carbonyl (C=O) groups excluding carboxylic acids is 1. The number of hydrogen-bond donors (Lipinski definition) is 1. The van der Waals surface area contributed by atoms with Crippen LogP contribution in [0.5, 0.6) is 0 Å². The Hall–Kier alpha value is -2.54. The maximum absolute atomic E-state index is 12.0. The van der Waals surface area contributed by atoms with Crippen molar-refractivity contribution in [2.24, 2.45) is 0 Å². The van der Waals surface area contributed by atoms with E-state index in [1.807, 2.05) is 18.2 Å². The van der Waals surface area contributed by atoms with E-state index in [1.165, 1.54) is 12.1 Å². The number of amides is 1. The van der Waals surface area contributed by atoms with Gasteiger partial charge in [-0.1, -0.05) is 30.3 Å². The lowest BCUT2D eigenvalue weighted by Crippen LogP contribution is -2.29. The van der Waals surface area contributed by atoms with Crippen LogP contribution in [0.4, 0.5) is 5.69 Å². The molecule has 0 aliphatic heterocycles. The van der Waals surface area contributed by atoms with Crippen LogP contribution in [0, 0.1) is 10.1 Å². The Labute approximate surface area is 136 Å². The highest BCUT2D eigenvalue weighted by Gasteiger charge is 2.08. The molecule has 2 rings (SSSR count). The number of nitro groups is 1. The smallest absolute Gasteiger partial charge is 0.269 e. The maximum Gasteiger partial charge on any atom is 0.269 e. The molecule has 0 saturated carbocycles. The van der Waals surface area contributed by atoms with E-state index in [0.717, 1.165) is 4.90 Å². The third-order valence-corrected chi connectivity index (χ3v) is 4.50. The number of non-ortho nitro benzene ring substituents is 1. The predicted octanol–water partition coefficient (Wildman–Crippen LogP) is 2.06. The largest absolute Gasteiger partial charge is 0.355 e. The normalized spacial score (nSPS) is 11.7. The van der Waals surface area contributed by atoms with Gasteiger partial charge in [-0.15, -0.1) is 0 Å². The van der Waals surface area contributed by atoms with Crippen LogP contribution in [0.2, 0.25) is 0 Å². The van der Waals surface area contributed by atoms with Crippen LogP contribution in [0.3, 0.4) is 0 Å². The van der Waals surface area contributed by atoms with Crippen LogP contribution in [0.1, 0.15) is 5.56 Å². The highest BCUT2D eigenvalue weighted by atomic mass is 32.2. The maximum atomic E-state index is 12.0. The summed E-state index contributed by atoms with van der Waals surface area (Å²) in [4.78, 5) is 22.6. The summed E-state index contributed by atoms with van der Waals surface area (Å²) in [5, 5.41) is 13.3. The molecule has 0 aliphatic carbocycles. The van der Waals surface area contributed by atoms with Gasteiger partial charge >= 0.3 is 0 Å². The number of benzene rings is 2. The van der Waals surface area contributed by atoms with E-state index >= 15 is 0 Å². The van der Waals surface area contributed by atoms with Crippen LogP contribution in [-0.4, -0.2) is 27.3 Å². The van der Waals surface area contributed by atoms with Crippen molar-refractivity contribution >= 4 is 22.4 Å². The summed E-state index contributed by atoms with van der Waals surface area (Å²) in [5.41, 5.74) is 0.685.